The fourth-order valence-corrected chi connectivity index (χ4v) is 1.22. The van der Waals surface area contributed by atoms with E-state index < -0.39 is 0 Å². The van der Waals surface area contributed by atoms with Gasteiger partial charge in [0.05, 0.1) is 19.4 Å². The number of aliphatic hydroxyl groups excluding tert-OH is 1. The number of aromatic nitrogens is 3. The SMILES string of the molecule is Nc1nnc(-c2ccco2)n1CCO. The predicted molar refractivity (Wildman–Crippen MR) is 49.2 cm³/mol. The van der Waals surface area contributed by atoms with E-state index in [1.807, 2.05) is 0 Å². The number of nitrogen functional groups attached to an aromatic ring is 1. The number of rotatable bonds is 3. The van der Waals surface area contributed by atoms with E-state index in [1.165, 1.54) is 0 Å². The van der Waals surface area contributed by atoms with Gasteiger partial charge in [-0.15, -0.1) is 10.2 Å². The summed E-state index contributed by atoms with van der Waals surface area (Å²) in [5, 5.41) is 16.4. The monoisotopic (exact) mass is 194 g/mol. The number of furan rings is 1. The maximum absolute atomic E-state index is 8.82. The Morgan fingerprint density at radius 3 is 3.00 bits per heavy atom. The molecular formula is C8H10N4O2. The minimum atomic E-state index is -0.0179. The predicted octanol–water partition coefficient (Wildman–Crippen LogP) is 0.113. The first-order chi connectivity index (χ1) is 6.83. The van der Waals surface area contributed by atoms with Crippen LogP contribution >= 0.6 is 0 Å². The molecule has 2 aromatic rings. The van der Waals surface area contributed by atoms with Gasteiger partial charge in [-0.3, -0.25) is 4.57 Å². The standard InChI is InChI=1S/C8H10N4O2/c9-8-11-10-7(12(8)3-4-13)6-2-1-5-14-6/h1-2,5,13H,3-4H2,(H2,9,11). The third-order valence-electron chi connectivity index (χ3n) is 1.84. The Morgan fingerprint density at radius 1 is 1.50 bits per heavy atom. The van der Waals surface area contributed by atoms with Crippen molar-refractivity contribution in [2.75, 3.05) is 12.3 Å². The third-order valence-corrected chi connectivity index (χ3v) is 1.84. The van der Waals surface area contributed by atoms with Crippen LogP contribution in [-0.2, 0) is 6.54 Å². The van der Waals surface area contributed by atoms with Crippen LogP contribution in [0.1, 0.15) is 0 Å². The van der Waals surface area contributed by atoms with E-state index in [9.17, 15) is 0 Å². The molecule has 6 heteroatoms. The molecule has 14 heavy (non-hydrogen) atoms. The second-order valence-electron chi connectivity index (χ2n) is 2.73. The number of nitrogens with two attached hydrogens (primary N) is 1. The van der Waals surface area contributed by atoms with E-state index in [0.29, 0.717) is 18.1 Å². The zero-order valence-corrected chi connectivity index (χ0v) is 7.42. The summed E-state index contributed by atoms with van der Waals surface area (Å²) in [4.78, 5) is 0. The van der Waals surface area contributed by atoms with Gasteiger partial charge in [0.2, 0.25) is 11.8 Å². The molecule has 2 aromatic heterocycles. The molecule has 0 aliphatic rings. The zero-order chi connectivity index (χ0) is 9.97. The van der Waals surface area contributed by atoms with Crippen LogP contribution in [-0.4, -0.2) is 26.5 Å². The summed E-state index contributed by atoms with van der Waals surface area (Å²) in [5.41, 5.74) is 5.57. The highest BCUT2D eigenvalue weighted by Gasteiger charge is 2.12. The van der Waals surface area contributed by atoms with Crippen molar-refractivity contribution in [1.29, 1.82) is 0 Å². The molecule has 0 aromatic carbocycles. The summed E-state index contributed by atoms with van der Waals surface area (Å²) in [5.74, 6) is 1.38. The molecule has 0 atom stereocenters. The van der Waals surface area contributed by atoms with Gasteiger partial charge in [0, 0.05) is 0 Å². The van der Waals surface area contributed by atoms with E-state index in [4.69, 9.17) is 15.3 Å². The highest BCUT2D eigenvalue weighted by molar-refractivity contribution is 5.49. The van der Waals surface area contributed by atoms with Crippen molar-refractivity contribution in [1.82, 2.24) is 14.8 Å². The van der Waals surface area contributed by atoms with Gasteiger partial charge >= 0.3 is 0 Å². The molecule has 0 unspecified atom stereocenters. The topological polar surface area (TPSA) is 90.1 Å². The Labute approximate surface area is 80.0 Å². The second-order valence-corrected chi connectivity index (χ2v) is 2.73. The van der Waals surface area contributed by atoms with Crippen LogP contribution in [0.25, 0.3) is 11.6 Å². The minimum Gasteiger partial charge on any atom is -0.461 e. The lowest BCUT2D eigenvalue weighted by atomic mass is 10.4. The van der Waals surface area contributed by atoms with Gasteiger partial charge in [-0.05, 0) is 12.1 Å². The molecule has 0 fully saturated rings. The number of anilines is 1. The molecule has 0 saturated heterocycles. The molecular weight excluding hydrogens is 184 g/mol. The molecule has 74 valence electrons. The van der Waals surface area contributed by atoms with Gasteiger partial charge in [-0.25, -0.2) is 0 Å². The maximum atomic E-state index is 8.82. The molecule has 0 spiro atoms. The fraction of sp³-hybridized carbons (Fsp3) is 0.250. The summed E-state index contributed by atoms with van der Waals surface area (Å²) in [6, 6.07) is 3.51. The van der Waals surface area contributed by atoms with Crippen molar-refractivity contribution in [3.8, 4) is 11.6 Å². The lowest BCUT2D eigenvalue weighted by Gasteiger charge is -2.02. The number of hydrogen-bond donors (Lipinski definition) is 2. The largest absolute Gasteiger partial charge is 0.461 e. The molecule has 6 nitrogen and oxygen atoms in total. The smallest absolute Gasteiger partial charge is 0.222 e. The Balaban J connectivity index is 2.43. The van der Waals surface area contributed by atoms with Crippen LogP contribution in [0.3, 0.4) is 0 Å². The lowest BCUT2D eigenvalue weighted by Crippen LogP contribution is -2.07. The Bertz CT molecular complexity index is 407. The number of hydrogen-bond acceptors (Lipinski definition) is 5. The van der Waals surface area contributed by atoms with Gasteiger partial charge in [-0.1, -0.05) is 0 Å². The normalized spacial score (nSPS) is 10.6. The first-order valence-corrected chi connectivity index (χ1v) is 4.16. The fourth-order valence-electron chi connectivity index (χ4n) is 1.22. The quantitative estimate of drug-likeness (QED) is 0.723. The van der Waals surface area contributed by atoms with E-state index in [-0.39, 0.29) is 12.6 Å². The highest BCUT2D eigenvalue weighted by atomic mass is 16.3. The second kappa shape index (κ2) is 3.51. The number of nitrogens with zero attached hydrogens (tertiary/aromatic N) is 3. The Hall–Kier alpha value is -1.82. The van der Waals surface area contributed by atoms with Crippen LogP contribution in [0.15, 0.2) is 22.8 Å². The lowest BCUT2D eigenvalue weighted by molar-refractivity contribution is 0.277. The van der Waals surface area contributed by atoms with Crippen LogP contribution in [0.2, 0.25) is 0 Å². The van der Waals surface area contributed by atoms with E-state index in [0.717, 1.165) is 0 Å². The van der Waals surface area contributed by atoms with Crippen molar-refractivity contribution >= 4 is 5.95 Å². The van der Waals surface area contributed by atoms with Crippen LogP contribution in [0.4, 0.5) is 5.95 Å². The van der Waals surface area contributed by atoms with Crippen molar-refractivity contribution in [3.05, 3.63) is 18.4 Å². The summed E-state index contributed by atoms with van der Waals surface area (Å²) in [6.07, 6.45) is 1.55. The molecule has 2 rings (SSSR count). The van der Waals surface area contributed by atoms with Gasteiger partial charge in [-0.2, -0.15) is 0 Å². The molecule has 0 radical (unpaired) electrons. The van der Waals surface area contributed by atoms with E-state index in [2.05, 4.69) is 10.2 Å². The average Bonchev–Trinajstić information content (AvgIpc) is 2.77. The van der Waals surface area contributed by atoms with Crippen molar-refractivity contribution < 1.29 is 9.52 Å². The summed E-state index contributed by atoms with van der Waals surface area (Å²) < 4.78 is 6.76. The van der Waals surface area contributed by atoms with Gasteiger partial charge in [0.25, 0.3) is 0 Å². The van der Waals surface area contributed by atoms with Crippen molar-refractivity contribution in [3.63, 3.8) is 0 Å². The third kappa shape index (κ3) is 1.35. The molecule has 2 heterocycles. The summed E-state index contributed by atoms with van der Waals surface area (Å²) in [7, 11) is 0. The van der Waals surface area contributed by atoms with Crippen molar-refractivity contribution in [2.45, 2.75) is 6.54 Å². The van der Waals surface area contributed by atoms with Crippen LogP contribution in [0.5, 0.6) is 0 Å². The maximum Gasteiger partial charge on any atom is 0.222 e. The van der Waals surface area contributed by atoms with Crippen LogP contribution in [0, 0.1) is 0 Å². The van der Waals surface area contributed by atoms with Gasteiger partial charge in [0.1, 0.15) is 0 Å². The van der Waals surface area contributed by atoms with E-state index in [1.54, 1.807) is 23.0 Å². The minimum absolute atomic E-state index is 0.0179. The van der Waals surface area contributed by atoms with E-state index >= 15 is 0 Å². The highest BCUT2D eigenvalue weighted by Crippen LogP contribution is 2.19. The average molecular weight is 194 g/mol. The molecule has 0 bridgehead atoms. The molecule has 0 aliphatic carbocycles. The van der Waals surface area contributed by atoms with Crippen molar-refractivity contribution in [2.24, 2.45) is 0 Å². The molecule has 0 saturated carbocycles. The molecule has 3 N–H and O–H groups in total. The van der Waals surface area contributed by atoms with Gasteiger partial charge < -0.3 is 15.3 Å². The zero-order valence-electron chi connectivity index (χ0n) is 7.42. The first-order valence-electron chi connectivity index (χ1n) is 4.16. The first kappa shape index (κ1) is 8.76. The number of aliphatic hydroxyl groups is 1. The van der Waals surface area contributed by atoms with Gasteiger partial charge in [0.15, 0.2) is 5.76 Å². The Kier molecular flexibility index (Phi) is 2.19. The molecule has 0 aliphatic heterocycles. The molecule has 0 amide bonds. The van der Waals surface area contributed by atoms with Crippen LogP contribution < -0.4 is 5.73 Å². The Morgan fingerprint density at radius 2 is 2.36 bits per heavy atom. The summed E-state index contributed by atoms with van der Waals surface area (Å²) in [6.45, 7) is 0.338. The summed E-state index contributed by atoms with van der Waals surface area (Å²) >= 11 is 0.